The molecule has 1 fully saturated rings. The summed E-state index contributed by atoms with van der Waals surface area (Å²) in [6.45, 7) is 0.457. The molecule has 92 valence electrons. The first kappa shape index (κ1) is 12.1. The van der Waals surface area contributed by atoms with Gasteiger partial charge in [-0.3, -0.25) is 4.79 Å². The Morgan fingerprint density at radius 3 is 2.53 bits per heavy atom. The van der Waals surface area contributed by atoms with Gasteiger partial charge >= 0.3 is 0 Å². The Hall–Kier alpha value is -1.39. The van der Waals surface area contributed by atoms with Crippen LogP contribution in [0.25, 0.3) is 0 Å². The summed E-state index contributed by atoms with van der Waals surface area (Å²) in [6, 6.07) is 9.20. The third kappa shape index (κ3) is 2.48. The number of nitrogens with zero attached hydrogens (tertiary/aromatic N) is 1. The van der Waals surface area contributed by atoms with E-state index in [1.807, 2.05) is 30.3 Å². The first-order valence-electron chi connectivity index (χ1n) is 5.82. The number of carbonyl (C=O) groups is 1. The molecule has 0 spiro atoms. The van der Waals surface area contributed by atoms with Crippen LogP contribution in [0.2, 0.25) is 0 Å². The molecule has 4 heteroatoms. The van der Waals surface area contributed by atoms with Crippen molar-refractivity contribution in [2.45, 2.75) is 12.5 Å². The van der Waals surface area contributed by atoms with Crippen molar-refractivity contribution in [3.8, 4) is 0 Å². The Morgan fingerprint density at radius 2 is 2.00 bits per heavy atom. The normalized spacial score (nSPS) is 21.9. The van der Waals surface area contributed by atoms with Gasteiger partial charge in [0.1, 0.15) is 0 Å². The Bertz CT molecular complexity index is 380. The molecule has 2 unspecified atom stereocenters. The fraction of sp³-hybridized carbons (Fsp3) is 0.462. The van der Waals surface area contributed by atoms with E-state index in [9.17, 15) is 9.90 Å². The van der Waals surface area contributed by atoms with Gasteiger partial charge in [-0.15, -0.1) is 0 Å². The molecule has 2 rings (SSSR count). The molecule has 4 nitrogen and oxygen atoms in total. The van der Waals surface area contributed by atoms with Gasteiger partial charge in [-0.2, -0.15) is 0 Å². The fourth-order valence-electron chi connectivity index (χ4n) is 2.29. The molecule has 1 aliphatic heterocycles. The highest BCUT2D eigenvalue weighted by atomic mass is 16.3. The van der Waals surface area contributed by atoms with Crippen LogP contribution in [0.3, 0.4) is 0 Å². The van der Waals surface area contributed by atoms with E-state index in [4.69, 9.17) is 5.11 Å². The number of aliphatic hydroxyl groups excluding tert-OH is 2. The standard InChI is InChI=1S/C13H17NO3/c15-8-10-6-13(17)14(7-10)12(9-16)11-4-2-1-3-5-11/h1-5,10,12,15-16H,6-9H2. The number of aliphatic hydroxyl groups is 2. The van der Waals surface area contributed by atoms with Crippen molar-refractivity contribution < 1.29 is 15.0 Å². The highest BCUT2D eigenvalue weighted by molar-refractivity contribution is 5.79. The lowest BCUT2D eigenvalue weighted by Gasteiger charge is -2.26. The van der Waals surface area contributed by atoms with Crippen LogP contribution in [-0.2, 0) is 4.79 Å². The van der Waals surface area contributed by atoms with Crippen LogP contribution in [0.4, 0.5) is 0 Å². The third-order valence-electron chi connectivity index (χ3n) is 3.23. The molecule has 0 aliphatic carbocycles. The van der Waals surface area contributed by atoms with Crippen molar-refractivity contribution >= 4 is 5.91 Å². The summed E-state index contributed by atoms with van der Waals surface area (Å²) in [6.07, 6.45) is 0.375. The fourth-order valence-corrected chi connectivity index (χ4v) is 2.29. The molecule has 1 saturated heterocycles. The minimum absolute atomic E-state index is 0.000243. The van der Waals surface area contributed by atoms with E-state index >= 15 is 0 Å². The predicted octanol–water partition coefficient (Wildman–Crippen LogP) is 0.561. The van der Waals surface area contributed by atoms with Gasteiger partial charge in [0.25, 0.3) is 0 Å². The van der Waals surface area contributed by atoms with Crippen LogP contribution < -0.4 is 0 Å². The summed E-state index contributed by atoms with van der Waals surface area (Å²) < 4.78 is 0. The van der Waals surface area contributed by atoms with Gasteiger partial charge in [-0.1, -0.05) is 30.3 Å². The molecule has 1 heterocycles. The van der Waals surface area contributed by atoms with Gasteiger partial charge in [0.2, 0.25) is 5.91 Å². The van der Waals surface area contributed by atoms with Crippen LogP contribution in [0, 0.1) is 5.92 Å². The lowest BCUT2D eigenvalue weighted by molar-refractivity contribution is -0.130. The second kappa shape index (κ2) is 5.29. The largest absolute Gasteiger partial charge is 0.396 e. The number of carbonyl (C=O) groups excluding carboxylic acids is 1. The second-order valence-electron chi connectivity index (χ2n) is 4.41. The molecule has 0 bridgehead atoms. The zero-order valence-corrected chi connectivity index (χ0v) is 9.62. The molecule has 1 aliphatic rings. The Labute approximate surface area is 100 Å². The number of amides is 1. The maximum Gasteiger partial charge on any atom is 0.223 e. The SMILES string of the molecule is O=C1CC(CO)CN1C(CO)c1ccccc1. The predicted molar refractivity (Wildman–Crippen MR) is 63.2 cm³/mol. The zero-order chi connectivity index (χ0) is 12.3. The van der Waals surface area contributed by atoms with E-state index in [2.05, 4.69) is 0 Å². The quantitative estimate of drug-likeness (QED) is 0.801. The minimum Gasteiger partial charge on any atom is -0.396 e. The molecule has 2 N–H and O–H groups in total. The average Bonchev–Trinajstić information content (AvgIpc) is 2.73. The van der Waals surface area contributed by atoms with Crippen LogP contribution in [0.15, 0.2) is 30.3 Å². The van der Waals surface area contributed by atoms with Gasteiger partial charge in [0.05, 0.1) is 12.6 Å². The van der Waals surface area contributed by atoms with Gasteiger partial charge in [-0.05, 0) is 5.56 Å². The van der Waals surface area contributed by atoms with Crippen molar-refractivity contribution in [3.63, 3.8) is 0 Å². The van der Waals surface area contributed by atoms with Crippen LogP contribution in [-0.4, -0.2) is 40.8 Å². The molecule has 17 heavy (non-hydrogen) atoms. The van der Waals surface area contributed by atoms with Crippen LogP contribution in [0.1, 0.15) is 18.0 Å². The summed E-state index contributed by atoms with van der Waals surface area (Å²) >= 11 is 0. The number of rotatable bonds is 4. The van der Waals surface area contributed by atoms with Crippen molar-refractivity contribution in [1.82, 2.24) is 4.90 Å². The van der Waals surface area contributed by atoms with Crippen molar-refractivity contribution in [2.24, 2.45) is 5.92 Å². The first-order chi connectivity index (χ1) is 8.26. The summed E-state index contributed by atoms with van der Waals surface area (Å²) in [7, 11) is 0. The van der Waals surface area contributed by atoms with E-state index in [0.717, 1.165) is 5.56 Å². The van der Waals surface area contributed by atoms with Crippen molar-refractivity contribution in [3.05, 3.63) is 35.9 Å². The number of hydrogen-bond donors (Lipinski definition) is 2. The Balaban J connectivity index is 2.17. The summed E-state index contributed by atoms with van der Waals surface area (Å²) in [5.41, 5.74) is 0.932. The summed E-state index contributed by atoms with van der Waals surface area (Å²) in [4.78, 5) is 13.5. The lowest BCUT2D eigenvalue weighted by Crippen LogP contribution is -2.32. The Kier molecular flexibility index (Phi) is 3.76. The zero-order valence-electron chi connectivity index (χ0n) is 9.62. The summed E-state index contributed by atoms with van der Waals surface area (Å²) in [5, 5.41) is 18.5. The highest BCUT2D eigenvalue weighted by Crippen LogP contribution is 2.28. The second-order valence-corrected chi connectivity index (χ2v) is 4.41. The highest BCUT2D eigenvalue weighted by Gasteiger charge is 2.34. The summed E-state index contributed by atoms with van der Waals surface area (Å²) in [5.74, 6) is 0.00668. The van der Waals surface area contributed by atoms with Gasteiger partial charge in [0, 0.05) is 25.5 Å². The Morgan fingerprint density at radius 1 is 1.29 bits per heavy atom. The molecule has 1 aromatic carbocycles. The van der Waals surface area contributed by atoms with E-state index in [0.29, 0.717) is 13.0 Å². The van der Waals surface area contributed by atoms with Crippen LogP contribution >= 0.6 is 0 Å². The first-order valence-corrected chi connectivity index (χ1v) is 5.82. The number of benzene rings is 1. The van der Waals surface area contributed by atoms with E-state index in [1.54, 1.807) is 4.90 Å². The van der Waals surface area contributed by atoms with E-state index < -0.39 is 0 Å². The van der Waals surface area contributed by atoms with E-state index in [-0.39, 0.29) is 31.1 Å². The third-order valence-corrected chi connectivity index (χ3v) is 3.23. The molecule has 0 radical (unpaired) electrons. The molecular formula is C13H17NO3. The molecule has 1 amide bonds. The topological polar surface area (TPSA) is 60.8 Å². The molecule has 0 aromatic heterocycles. The molecule has 2 atom stereocenters. The van der Waals surface area contributed by atoms with Gasteiger partial charge in [0.15, 0.2) is 0 Å². The maximum absolute atomic E-state index is 11.8. The van der Waals surface area contributed by atoms with Crippen molar-refractivity contribution in [1.29, 1.82) is 0 Å². The number of hydrogen-bond acceptors (Lipinski definition) is 3. The number of likely N-dealkylation sites (tertiary alicyclic amines) is 1. The lowest BCUT2D eigenvalue weighted by atomic mass is 10.1. The van der Waals surface area contributed by atoms with Gasteiger partial charge in [-0.25, -0.2) is 0 Å². The van der Waals surface area contributed by atoms with Gasteiger partial charge < -0.3 is 15.1 Å². The molecule has 1 aromatic rings. The van der Waals surface area contributed by atoms with Crippen molar-refractivity contribution in [2.75, 3.05) is 19.8 Å². The molecule has 0 saturated carbocycles. The average molecular weight is 235 g/mol. The molecular weight excluding hydrogens is 218 g/mol. The van der Waals surface area contributed by atoms with Crippen LogP contribution in [0.5, 0.6) is 0 Å². The monoisotopic (exact) mass is 235 g/mol. The van der Waals surface area contributed by atoms with E-state index in [1.165, 1.54) is 0 Å². The minimum atomic E-state index is -0.291. The smallest absolute Gasteiger partial charge is 0.223 e. The maximum atomic E-state index is 11.8.